The van der Waals surface area contributed by atoms with E-state index in [1.165, 1.54) is 0 Å². The van der Waals surface area contributed by atoms with E-state index in [4.69, 9.17) is 0 Å². The summed E-state index contributed by atoms with van der Waals surface area (Å²) in [4.78, 5) is 17.1. The summed E-state index contributed by atoms with van der Waals surface area (Å²) in [5, 5.41) is 24.1. The lowest BCUT2D eigenvalue weighted by Gasteiger charge is -2.39. The zero-order chi connectivity index (χ0) is 20.2. The Labute approximate surface area is 171 Å². The van der Waals surface area contributed by atoms with E-state index in [9.17, 15) is 15.0 Å². The van der Waals surface area contributed by atoms with Crippen LogP contribution in [0.3, 0.4) is 0 Å². The Morgan fingerprint density at radius 1 is 1.00 bits per heavy atom. The number of likely N-dealkylation sites (tertiary alicyclic amines) is 2. The van der Waals surface area contributed by atoms with Crippen molar-refractivity contribution >= 4 is 5.91 Å². The van der Waals surface area contributed by atoms with Crippen molar-refractivity contribution in [1.82, 2.24) is 15.1 Å². The van der Waals surface area contributed by atoms with Gasteiger partial charge in [-0.2, -0.15) is 0 Å². The standard InChI is InChI=1S/C23H29N3O3/c27-20-16-26(23(25-13-7-8-14-25)18-11-5-2-6-12-18)19(21(20)28)15-24-22(29)17-9-3-1-4-10-17/h1-6,9-12,19-21,23,27-28H,7-8,13-16H2,(H,24,29). The monoisotopic (exact) mass is 395 g/mol. The molecule has 0 aliphatic carbocycles. The van der Waals surface area contributed by atoms with Gasteiger partial charge in [-0.15, -0.1) is 0 Å². The molecule has 2 aliphatic rings. The number of nitrogens with one attached hydrogen (secondary N) is 1. The summed E-state index contributed by atoms with van der Waals surface area (Å²) in [6.07, 6.45) is 0.543. The third kappa shape index (κ3) is 4.36. The molecule has 0 bridgehead atoms. The molecule has 4 atom stereocenters. The summed E-state index contributed by atoms with van der Waals surface area (Å²) in [6.45, 7) is 2.64. The van der Waals surface area contributed by atoms with Crippen molar-refractivity contribution in [2.45, 2.75) is 37.3 Å². The number of nitrogens with zero attached hydrogens (tertiary/aromatic N) is 2. The van der Waals surface area contributed by atoms with Crippen LogP contribution in [0, 0.1) is 0 Å². The molecule has 2 aromatic rings. The van der Waals surface area contributed by atoms with Crippen LogP contribution in [0.2, 0.25) is 0 Å². The average Bonchev–Trinajstić information content (AvgIpc) is 3.38. The minimum absolute atomic E-state index is 0.0240. The summed E-state index contributed by atoms with van der Waals surface area (Å²) < 4.78 is 0. The highest BCUT2D eigenvalue weighted by Gasteiger charge is 2.45. The lowest BCUT2D eigenvalue weighted by molar-refractivity contribution is 0.0154. The molecular formula is C23H29N3O3. The fourth-order valence-corrected chi connectivity index (χ4v) is 4.54. The first-order valence-corrected chi connectivity index (χ1v) is 10.4. The van der Waals surface area contributed by atoms with Crippen LogP contribution >= 0.6 is 0 Å². The fraction of sp³-hybridized carbons (Fsp3) is 0.435. The number of carbonyl (C=O) groups excluding carboxylic acids is 1. The Bertz CT molecular complexity index is 796. The zero-order valence-corrected chi connectivity index (χ0v) is 16.5. The number of β-amino-alcohol motifs (C(OH)–C–C–N with tert-alkyl or cyclic N) is 1. The van der Waals surface area contributed by atoms with E-state index in [-0.39, 0.29) is 24.7 Å². The molecule has 2 saturated heterocycles. The summed E-state index contributed by atoms with van der Waals surface area (Å²) in [5.74, 6) is -0.170. The van der Waals surface area contributed by atoms with Crippen LogP contribution in [0.5, 0.6) is 0 Å². The Morgan fingerprint density at radius 3 is 2.28 bits per heavy atom. The highest BCUT2D eigenvalue weighted by atomic mass is 16.3. The third-order valence-electron chi connectivity index (χ3n) is 6.02. The van der Waals surface area contributed by atoms with Crippen LogP contribution in [-0.4, -0.2) is 70.3 Å². The van der Waals surface area contributed by atoms with Gasteiger partial charge in [0, 0.05) is 18.7 Å². The maximum Gasteiger partial charge on any atom is 0.251 e. The molecular weight excluding hydrogens is 366 g/mol. The number of hydrogen-bond acceptors (Lipinski definition) is 5. The molecule has 3 N–H and O–H groups in total. The van der Waals surface area contributed by atoms with Crippen molar-refractivity contribution in [2.24, 2.45) is 0 Å². The van der Waals surface area contributed by atoms with Crippen molar-refractivity contribution in [3.05, 3.63) is 71.8 Å². The minimum Gasteiger partial charge on any atom is -0.389 e. The van der Waals surface area contributed by atoms with Crippen LogP contribution in [0.4, 0.5) is 0 Å². The second-order valence-electron chi connectivity index (χ2n) is 7.93. The first-order valence-electron chi connectivity index (χ1n) is 10.4. The van der Waals surface area contributed by atoms with Gasteiger partial charge in [0.05, 0.1) is 24.4 Å². The van der Waals surface area contributed by atoms with Gasteiger partial charge >= 0.3 is 0 Å². The van der Waals surface area contributed by atoms with Crippen molar-refractivity contribution in [3.8, 4) is 0 Å². The Hall–Kier alpha value is -2.25. The van der Waals surface area contributed by atoms with Crippen LogP contribution < -0.4 is 5.32 Å². The van der Waals surface area contributed by atoms with E-state index < -0.39 is 12.2 Å². The Morgan fingerprint density at radius 2 is 1.62 bits per heavy atom. The second kappa shape index (κ2) is 9.05. The van der Waals surface area contributed by atoms with E-state index >= 15 is 0 Å². The molecule has 6 nitrogen and oxygen atoms in total. The molecule has 6 heteroatoms. The van der Waals surface area contributed by atoms with E-state index in [0.29, 0.717) is 12.1 Å². The van der Waals surface area contributed by atoms with Crippen LogP contribution in [0.25, 0.3) is 0 Å². The smallest absolute Gasteiger partial charge is 0.251 e. The number of aliphatic hydroxyl groups excluding tert-OH is 2. The van der Waals surface area contributed by atoms with Crippen molar-refractivity contribution in [3.63, 3.8) is 0 Å². The molecule has 2 fully saturated rings. The molecule has 2 heterocycles. The van der Waals surface area contributed by atoms with Crippen LogP contribution in [-0.2, 0) is 0 Å². The van der Waals surface area contributed by atoms with E-state index in [1.807, 2.05) is 36.4 Å². The van der Waals surface area contributed by atoms with Gasteiger partial charge in [-0.3, -0.25) is 14.6 Å². The number of aliphatic hydroxyl groups is 2. The van der Waals surface area contributed by atoms with Gasteiger partial charge < -0.3 is 15.5 Å². The molecule has 2 aromatic carbocycles. The zero-order valence-electron chi connectivity index (χ0n) is 16.5. The quantitative estimate of drug-likeness (QED) is 0.693. The molecule has 0 radical (unpaired) electrons. The molecule has 4 unspecified atom stereocenters. The van der Waals surface area contributed by atoms with Crippen LogP contribution in [0.15, 0.2) is 60.7 Å². The molecule has 154 valence electrons. The van der Waals surface area contributed by atoms with E-state index in [0.717, 1.165) is 31.5 Å². The van der Waals surface area contributed by atoms with Gasteiger partial charge in [0.25, 0.3) is 5.91 Å². The van der Waals surface area contributed by atoms with E-state index in [2.05, 4.69) is 27.2 Å². The number of benzene rings is 2. The highest BCUT2D eigenvalue weighted by Crippen LogP contribution is 2.34. The van der Waals surface area contributed by atoms with Gasteiger partial charge in [-0.25, -0.2) is 0 Å². The van der Waals surface area contributed by atoms with Crippen molar-refractivity contribution in [2.75, 3.05) is 26.2 Å². The van der Waals surface area contributed by atoms with Gasteiger partial charge in [0.1, 0.15) is 0 Å². The normalized spacial score (nSPS) is 26.5. The second-order valence-corrected chi connectivity index (χ2v) is 7.93. The lowest BCUT2D eigenvalue weighted by Crippen LogP contribution is -2.50. The maximum absolute atomic E-state index is 12.5. The Balaban J connectivity index is 1.55. The average molecular weight is 396 g/mol. The molecule has 4 rings (SSSR count). The minimum atomic E-state index is -0.903. The van der Waals surface area contributed by atoms with Gasteiger partial charge in [-0.05, 0) is 43.6 Å². The number of carbonyl (C=O) groups is 1. The molecule has 0 saturated carbocycles. The predicted octanol–water partition coefficient (Wildman–Crippen LogP) is 1.62. The lowest BCUT2D eigenvalue weighted by atomic mass is 10.1. The third-order valence-corrected chi connectivity index (χ3v) is 6.02. The first-order chi connectivity index (χ1) is 14.1. The Kier molecular flexibility index (Phi) is 6.25. The molecule has 29 heavy (non-hydrogen) atoms. The SMILES string of the molecule is O=C(NCC1C(O)C(O)CN1C(c1ccccc1)N1CCCC1)c1ccccc1. The summed E-state index contributed by atoms with van der Waals surface area (Å²) >= 11 is 0. The summed E-state index contributed by atoms with van der Waals surface area (Å²) in [5.41, 5.74) is 1.74. The molecule has 0 aromatic heterocycles. The van der Waals surface area contributed by atoms with Gasteiger partial charge in [-0.1, -0.05) is 48.5 Å². The molecule has 2 aliphatic heterocycles. The largest absolute Gasteiger partial charge is 0.389 e. The maximum atomic E-state index is 12.5. The summed E-state index contributed by atoms with van der Waals surface area (Å²) in [6, 6.07) is 18.9. The topological polar surface area (TPSA) is 76.0 Å². The first kappa shape index (κ1) is 20.0. The van der Waals surface area contributed by atoms with Gasteiger partial charge in [0.2, 0.25) is 0 Å². The predicted molar refractivity (Wildman–Crippen MR) is 111 cm³/mol. The van der Waals surface area contributed by atoms with Crippen molar-refractivity contribution in [1.29, 1.82) is 0 Å². The van der Waals surface area contributed by atoms with Gasteiger partial charge in [0.15, 0.2) is 0 Å². The fourth-order valence-electron chi connectivity index (χ4n) is 4.54. The number of rotatable bonds is 6. The number of amides is 1. The van der Waals surface area contributed by atoms with Crippen LogP contribution in [0.1, 0.15) is 34.9 Å². The molecule has 0 spiro atoms. The molecule has 1 amide bonds. The number of hydrogen-bond donors (Lipinski definition) is 3. The van der Waals surface area contributed by atoms with Crippen molar-refractivity contribution < 1.29 is 15.0 Å². The van der Waals surface area contributed by atoms with E-state index in [1.54, 1.807) is 12.1 Å². The highest BCUT2D eigenvalue weighted by molar-refractivity contribution is 5.94. The summed E-state index contributed by atoms with van der Waals surface area (Å²) in [7, 11) is 0.